The van der Waals surface area contributed by atoms with Gasteiger partial charge in [0.05, 0.1) is 10.2 Å². The van der Waals surface area contributed by atoms with Crippen LogP contribution in [0.2, 0.25) is 0 Å². The Hall–Kier alpha value is -1.72. The van der Waals surface area contributed by atoms with Crippen molar-refractivity contribution in [1.82, 2.24) is 9.88 Å². The third-order valence-electron chi connectivity index (χ3n) is 4.20. The van der Waals surface area contributed by atoms with E-state index in [0.717, 1.165) is 36.1 Å². The molecule has 0 unspecified atom stereocenters. The zero-order chi connectivity index (χ0) is 14.9. The van der Waals surface area contributed by atoms with E-state index in [2.05, 4.69) is 22.5 Å². The third-order valence-corrected chi connectivity index (χ3v) is 6.26. The minimum atomic E-state index is 0.0887. The lowest BCUT2D eigenvalue weighted by Gasteiger charge is -2.31. The van der Waals surface area contributed by atoms with Crippen molar-refractivity contribution in [3.63, 3.8) is 0 Å². The standard InChI is InChI=1S/C17H16N2OS2/c20-17(16-18-13-4-1-2-5-15(13)22-16)19-9-7-12(8-10-19)14-6-3-11-21-14/h1-6,11-12H,7-10H2. The highest BCUT2D eigenvalue weighted by atomic mass is 32.1. The van der Waals surface area contributed by atoms with E-state index in [-0.39, 0.29) is 5.91 Å². The molecule has 112 valence electrons. The Bertz CT molecular complexity index is 753. The lowest BCUT2D eigenvalue weighted by molar-refractivity contribution is 0.0713. The van der Waals surface area contributed by atoms with E-state index >= 15 is 0 Å². The van der Waals surface area contributed by atoms with Crippen molar-refractivity contribution in [3.8, 4) is 0 Å². The summed E-state index contributed by atoms with van der Waals surface area (Å²) in [6, 6.07) is 12.3. The number of carbonyl (C=O) groups is 1. The molecule has 3 nitrogen and oxygen atoms in total. The highest BCUT2D eigenvalue weighted by Crippen LogP contribution is 2.32. The fourth-order valence-electron chi connectivity index (χ4n) is 2.99. The molecule has 4 rings (SSSR count). The van der Waals surface area contributed by atoms with Gasteiger partial charge in [-0.3, -0.25) is 4.79 Å². The molecule has 3 heterocycles. The van der Waals surface area contributed by atoms with Crippen molar-refractivity contribution < 1.29 is 4.79 Å². The van der Waals surface area contributed by atoms with E-state index in [1.54, 1.807) is 0 Å². The van der Waals surface area contributed by atoms with Crippen molar-refractivity contribution in [3.05, 3.63) is 51.7 Å². The van der Waals surface area contributed by atoms with Gasteiger partial charge in [0, 0.05) is 18.0 Å². The average Bonchev–Trinajstić information content (AvgIpc) is 3.23. The zero-order valence-corrected chi connectivity index (χ0v) is 13.7. The molecule has 2 aromatic heterocycles. The monoisotopic (exact) mass is 328 g/mol. The van der Waals surface area contributed by atoms with E-state index in [4.69, 9.17) is 0 Å². The van der Waals surface area contributed by atoms with Gasteiger partial charge in [-0.05, 0) is 42.3 Å². The van der Waals surface area contributed by atoms with Gasteiger partial charge in [0.25, 0.3) is 5.91 Å². The molecule has 0 atom stereocenters. The van der Waals surface area contributed by atoms with Gasteiger partial charge >= 0.3 is 0 Å². The Morgan fingerprint density at radius 2 is 1.95 bits per heavy atom. The first kappa shape index (κ1) is 13.9. The number of carbonyl (C=O) groups excluding carboxylic acids is 1. The topological polar surface area (TPSA) is 33.2 Å². The molecule has 3 aromatic rings. The quantitative estimate of drug-likeness (QED) is 0.699. The van der Waals surface area contributed by atoms with Crippen LogP contribution in [0.15, 0.2) is 41.8 Å². The largest absolute Gasteiger partial charge is 0.337 e. The van der Waals surface area contributed by atoms with Crippen LogP contribution in [0, 0.1) is 0 Å². The predicted molar refractivity (Wildman–Crippen MR) is 91.8 cm³/mol. The number of piperidine rings is 1. The van der Waals surface area contributed by atoms with Crippen LogP contribution in [-0.4, -0.2) is 28.9 Å². The summed E-state index contributed by atoms with van der Waals surface area (Å²) in [4.78, 5) is 20.5. The number of likely N-dealkylation sites (tertiary alicyclic amines) is 1. The Kier molecular flexibility index (Phi) is 3.68. The third kappa shape index (κ3) is 2.55. The van der Waals surface area contributed by atoms with Crippen LogP contribution in [-0.2, 0) is 0 Å². The van der Waals surface area contributed by atoms with Crippen molar-refractivity contribution >= 4 is 38.8 Å². The molecule has 0 bridgehead atoms. The first-order chi connectivity index (χ1) is 10.8. The zero-order valence-electron chi connectivity index (χ0n) is 12.1. The number of benzene rings is 1. The molecular weight excluding hydrogens is 312 g/mol. The normalized spacial score (nSPS) is 16.3. The van der Waals surface area contributed by atoms with E-state index in [0.29, 0.717) is 10.9 Å². The Balaban J connectivity index is 1.47. The molecular formula is C17H16N2OS2. The maximum absolute atomic E-state index is 12.6. The first-order valence-electron chi connectivity index (χ1n) is 7.49. The molecule has 1 aliphatic rings. The fraction of sp³-hybridized carbons (Fsp3) is 0.294. The van der Waals surface area contributed by atoms with E-state index in [1.165, 1.54) is 16.2 Å². The molecule has 1 fully saturated rings. The molecule has 1 amide bonds. The molecule has 22 heavy (non-hydrogen) atoms. The van der Waals surface area contributed by atoms with E-state index in [1.807, 2.05) is 40.5 Å². The molecule has 1 aromatic carbocycles. The van der Waals surface area contributed by atoms with Crippen LogP contribution in [0.25, 0.3) is 10.2 Å². The Morgan fingerprint density at radius 1 is 1.14 bits per heavy atom. The maximum atomic E-state index is 12.6. The number of thiazole rings is 1. The highest BCUT2D eigenvalue weighted by Gasteiger charge is 2.26. The number of fused-ring (bicyclic) bond motifs is 1. The van der Waals surface area contributed by atoms with Crippen LogP contribution in [0.4, 0.5) is 0 Å². The number of thiophene rings is 1. The highest BCUT2D eigenvalue weighted by molar-refractivity contribution is 7.20. The molecule has 0 N–H and O–H groups in total. The van der Waals surface area contributed by atoms with Gasteiger partial charge in [-0.15, -0.1) is 22.7 Å². The van der Waals surface area contributed by atoms with Crippen molar-refractivity contribution in [2.45, 2.75) is 18.8 Å². The number of nitrogens with zero attached hydrogens (tertiary/aromatic N) is 2. The SMILES string of the molecule is O=C(c1nc2ccccc2s1)N1CCC(c2cccs2)CC1. The van der Waals surface area contributed by atoms with Crippen LogP contribution < -0.4 is 0 Å². The van der Waals surface area contributed by atoms with Gasteiger partial charge in [0.1, 0.15) is 0 Å². The molecule has 0 spiro atoms. The minimum absolute atomic E-state index is 0.0887. The first-order valence-corrected chi connectivity index (χ1v) is 9.19. The Labute approximate surface area is 137 Å². The molecule has 0 aliphatic carbocycles. The average molecular weight is 328 g/mol. The second-order valence-corrected chi connectivity index (χ2v) is 7.58. The summed E-state index contributed by atoms with van der Waals surface area (Å²) in [6.07, 6.45) is 2.11. The predicted octanol–water partition coefficient (Wildman–Crippen LogP) is 4.38. The fourth-order valence-corrected chi connectivity index (χ4v) is 4.82. The molecule has 1 aliphatic heterocycles. The summed E-state index contributed by atoms with van der Waals surface area (Å²) < 4.78 is 1.08. The summed E-state index contributed by atoms with van der Waals surface area (Å²) >= 11 is 3.32. The summed E-state index contributed by atoms with van der Waals surface area (Å²) in [5, 5.41) is 2.75. The van der Waals surface area contributed by atoms with Crippen LogP contribution in [0.1, 0.15) is 33.4 Å². The van der Waals surface area contributed by atoms with E-state index < -0.39 is 0 Å². The number of amides is 1. The van der Waals surface area contributed by atoms with Crippen LogP contribution in [0.3, 0.4) is 0 Å². The van der Waals surface area contributed by atoms with Gasteiger partial charge in [0.15, 0.2) is 5.01 Å². The molecule has 1 saturated heterocycles. The second kappa shape index (κ2) is 5.82. The molecule has 5 heteroatoms. The second-order valence-electron chi connectivity index (χ2n) is 5.57. The summed E-state index contributed by atoms with van der Waals surface area (Å²) in [5.41, 5.74) is 0.921. The summed E-state index contributed by atoms with van der Waals surface area (Å²) in [7, 11) is 0. The summed E-state index contributed by atoms with van der Waals surface area (Å²) in [6.45, 7) is 1.66. The molecule has 0 radical (unpaired) electrons. The number of hydrogen-bond acceptors (Lipinski definition) is 4. The van der Waals surface area contributed by atoms with Gasteiger partial charge in [-0.2, -0.15) is 0 Å². The van der Waals surface area contributed by atoms with Crippen molar-refractivity contribution in [1.29, 1.82) is 0 Å². The Morgan fingerprint density at radius 3 is 2.68 bits per heavy atom. The van der Waals surface area contributed by atoms with Crippen molar-refractivity contribution in [2.75, 3.05) is 13.1 Å². The lowest BCUT2D eigenvalue weighted by Crippen LogP contribution is -2.37. The van der Waals surface area contributed by atoms with Gasteiger partial charge in [-0.1, -0.05) is 18.2 Å². The van der Waals surface area contributed by atoms with E-state index in [9.17, 15) is 4.79 Å². The minimum Gasteiger partial charge on any atom is -0.337 e. The smallest absolute Gasteiger partial charge is 0.282 e. The number of hydrogen-bond donors (Lipinski definition) is 0. The summed E-state index contributed by atoms with van der Waals surface area (Å²) in [5.74, 6) is 0.699. The van der Waals surface area contributed by atoms with Gasteiger partial charge < -0.3 is 4.90 Å². The van der Waals surface area contributed by atoms with Gasteiger partial charge in [-0.25, -0.2) is 4.98 Å². The van der Waals surface area contributed by atoms with Crippen molar-refractivity contribution in [2.24, 2.45) is 0 Å². The molecule has 0 saturated carbocycles. The number of aromatic nitrogens is 1. The maximum Gasteiger partial charge on any atom is 0.282 e. The van der Waals surface area contributed by atoms with Crippen LogP contribution in [0.5, 0.6) is 0 Å². The van der Waals surface area contributed by atoms with Gasteiger partial charge in [0.2, 0.25) is 0 Å². The number of rotatable bonds is 2. The van der Waals surface area contributed by atoms with Crippen LogP contribution >= 0.6 is 22.7 Å². The lowest BCUT2D eigenvalue weighted by atomic mass is 9.95. The number of para-hydroxylation sites is 1.